The molecule has 1 aliphatic rings. The Morgan fingerprint density at radius 2 is 1.36 bits per heavy atom. The van der Waals surface area contributed by atoms with Gasteiger partial charge in [0.25, 0.3) is 0 Å². The van der Waals surface area contributed by atoms with Crippen LogP contribution in [0.2, 0.25) is 0 Å². The van der Waals surface area contributed by atoms with Crippen LogP contribution in [0.5, 0.6) is 5.75 Å². The summed E-state index contributed by atoms with van der Waals surface area (Å²) >= 11 is 0. The molecule has 0 spiro atoms. The molecule has 0 radical (unpaired) electrons. The lowest BCUT2D eigenvalue weighted by molar-refractivity contribution is -0.139. The van der Waals surface area contributed by atoms with Crippen molar-refractivity contribution in [2.24, 2.45) is 11.8 Å². The van der Waals surface area contributed by atoms with Crippen LogP contribution in [0.3, 0.4) is 0 Å². The number of aliphatic carboxylic acids is 1. The number of carboxylic acids is 1. The van der Waals surface area contributed by atoms with Gasteiger partial charge in [-0.25, -0.2) is 24.3 Å². The highest BCUT2D eigenvalue weighted by Crippen LogP contribution is 2.44. The maximum Gasteiger partial charge on any atom is 0.407 e. The number of carbonyl (C=O) groups excluding carboxylic acids is 1. The van der Waals surface area contributed by atoms with Crippen molar-refractivity contribution in [3.05, 3.63) is 89.5 Å². The van der Waals surface area contributed by atoms with Gasteiger partial charge in [0.2, 0.25) is 0 Å². The van der Waals surface area contributed by atoms with Crippen molar-refractivity contribution < 1.29 is 28.5 Å². The molecule has 0 heterocycles. The molecule has 42 heavy (non-hydrogen) atoms. The average molecular weight is 594 g/mol. The number of rotatable bonds is 14. The van der Waals surface area contributed by atoms with Gasteiger partial charge >= 0.3 is 19.7 Å². The zero-order chi connectivity index (χ0) is 30.3. The van der Waals surface area contributed by atoms with E-state index in [-0.39, 0.29) is 30.8 Å². The van der Waals surface area contributed by atoms with E-state index in [4.69, 9.17) is 9.26 Å². The maximum absolute atomic E-state index is 13.4. The number of benzene rings is 3. The van der Waals surface area contributed by atoms with E-state index in [0.717, 1.165) is 22.3 Å². The molecule has 1 aliphatic carbocycles. The molecule has 224 valence electrons. The van der Waals surface area contributed by atoms with Crippen LogP contribution in [0.1, 0.15) is 50.3 Å². The molecule has 0 saturated carbocycles. The van der Waals surface area contributed by atoms with Crippen LogP contribution >= 0.6 is 7.67 Å². The molecular weight excluding hydrogens is 553 g/mol. The summed E-state index contributed by atoms with van der Waals surface area (Å²) in [6, 6.07) is 21.5. The first-order valence-electron chi connectivity index (χ1n) is 14.3. The van der Waals surface area contributed by atoms with Crippen molar-refractivity contribution in [3.8, 4) is 16.9 Å². The Bertz CT molecular complexity index is 1360. The van der Waals surface area contributed by atoms with E-state index in [1.807, 2.05) is 76.2 Å². The molecule has 3 aromatic rings. The lowest BCUT2D eigenvalue weighted by Crippen LogP contribution is -2.42. The van der Waals surface area contributed by atoms with E-state index in [1.165, 1.54) is 0 Å². The van der Waals surface area contributed by atoms with Gasteiger partial charge in [-0.2, -0.15) is 0 Å². The van der Waals surface area contributed by atoms with Crippen LogP contribution in [0.25, 0.3) is 11.1 Å². The van der Waals surface area contributed by atoms with E-state index in [9.17, 15) is 19.3 Å². The predicted molar refractivity (Wildman–Crippen MR) is 164 cm³/mol. The fourth-order valence-electron chi connectivity index (χ4n) is 4.78. The van der Waals surface area contributed by atoms with Gasteiger partial charge in [-0.05, 0) is 51.8 Å². The second kappa shape index (κ2) is 14.0. The molecule has 1 amide bonds. The highest BCUT2D eigenvalue weighted by Gasteiger charge is 2.30. The minimum Gasteiger partial charge on any atom is -0.480 e. The Morgan fingerprint density at radius 1 is 0.833 bits per heavy atom. The van der Waals surface area contributed by atoms with E-state index in [1.54, 1.807) is 24.3 Å². The molecule has 1 atom stereocenters. The Hall–Kier alpha value is -3.65. The van der Waals surface area contributed by atoms with E-state index < -0.39 is 25.8 Å². The molecule has 0 aliphatic heterocycles. The minimum absolute atomic E-state index is 0.0364. The largest absolute Gasteiger partial charge is 0.480 e. The SMILES string of the molecule is CC(C)CNP(=O)(NCC(C)C)Oc1ccc(C[C@H](NC(=O)OCC2c3ccccc3-c3ccccc32)C(=O)O)cc1. The normalized spacial score (nSPS) is 13.5. The van der Waals surface area contributed by atoms with Crippen molar-refractivity contribution >= 4 is 19.7 Å². The molecule has 0 aromatic heterocycles. The zero-order valence-electron chi connectivity index (χ0n) is 24.5. The number of amides is 1. The first-order chi connectivity index (χ1) is 20.0. The van der Waals surface area contributed by atoms with Crippen LogP contribution in [0.15, 0.2) is 72.8 Å². The summed E-state index contributed by atoms with van der Waals surface area (Å²) in [4.78, 5) is 24.7. The molecule has 4 rings (SSSR count). The second-order valence-corrected chi connectivity index (χ2v) is 13.3. The van der Waals surface area contributed by atoms with Gasteiger partial charge in [-0.1, -0.05) is 88.4 Å². The molecular formula is C32H40N3O6P. The van der Waals surface area contributed by atoms with Crippen LogP contribution in [0.4, 0.5) is 4.79 Å². The number of alkyl carbamates (subject to hydrolysis) is 1. The van der Waals surface area contributed by atoms with E-state index >= 15 is 0 Å². The lowest BCUT2D eigenvalue weighted by atomic mass is 9.98. The van der Waals surface area contributed by atoms with Crippen LogP contribution in [-0.2, 0) is 20.5 Å². The van der Waals surface area contributed by atoms with Crippen molar-refractivity contribution in [2.45, 2.75) is 46.1 Å². The quantitative estimate of drug-likeness (QED) is 0.163. The molecule has 10 heteroatoms. The van der Waals surface area contributed by atoms with Gasteiger partial charge in [0.05, 0.1) is 0 Å². The molecule has 4 N–H and O–H groups in total. The second-order valence-electron chi connectivity index (χ2n) is 11.4. The van der Waals surface area contributed by atoms with Crippen LogP contribution in [0, 0.1) is 11.8 Å². The summed E-state index contributed by atoms with van der Waals surface area (Å²) in [5.74, 6) is -0.362. The molecule has 0 unspecified atom stereocenters. The molecule has 3 aromatic carbocycles. The number of fused-ring (bicyclic) bond motifs is 3. The lowest BCUT2D eigenvalue weighted by Gasteiger charge is -2.23. The third kappa shape index (κ3) is 8.22. The average Bonchev–Trinajstić information content (AvgIpc) is 3.28. The number of hydrogen-bond donors (Lipinski definition) is 4. The fourth-order valence-corrected chi connectivity index (χ4v) is 6.65. The van der Waals surface area contributed by atoms with Gasteiger partial charge in [0.15, 0.2) is 0 Å². The zero-order valence-corrected chi connectivity index (χ0v) is 25.4. The topological polar surface area (TPSA) is 126 Å². The monoisotopic (exact) mass is 593 g/mol. The van der Waals surface area contributed by atoms with Crippen LogP contribution in [-0.4, -0.2) is 42.9 Å². The minimum atomic E-state index is -3.35. The molecule has 9 nitrogen and oxygen atoms in total. The first kappa shape index (κ1) is 31.3. The number of carboxylic acid groups (broad SMARTS) is 1. The number of nitrogens with one attached hydrogen (secondary N) is 3. The van der Waals surface area contributed by atoms with Gasteiger partial charge in [-0.15, -0.1) is 0 Å². The van der Waals surface area contributed by atoms with E-state index in [2.05, 4.69) is 15.5 Å². The summed E-state index contributed by atoms with van der Waals surface area (Å²) < 4.78 is 24.7. The number of carbonyl (C=O) groups is 2. The molecule has 0 saturated heterocycles. The number of ether oxygens (including phenoxy) is 1. The van der Waals surface area contributed by atoms with Crippen LogP contribution < -0.4 is 20.0 Å². The number of hydrogen-bond acceptors (Lipinski definition) is 5. The third-order valence-electron chi connectivity index (χ3n) is 6.95. The molecule has 0 fully saturated rings. The maximum atomic E-state index is 13.4. The summed E-state index contributed by atoms with van der Waals surface area (Å²) in [7, 11) is -3.35. The van der Waals surface area contributed by atoms with Crippen molar-refractivity contribution in [1.29, 1.82) is 0 Å². The van der Waals surface area contributed by atoms with Crippen molar-refractivity contribution in [2.75, 3.05) is 19.7 Å². The Balaban J connectivity index is 1.35. The fraction of sp³-hybridized carbons (Fsp3) is 0.375. The smallest absolute Gasteiger partial charge is 0.407 e. The highest BCUT2D eigenvalue weighted by molar-refractivity contribution is 7.55. The predicted octanol–water partition coefficient (Wildman–Crippen LogP) is 6.20. The highest BCUT2D eigenvalue weighted by atomic mass is 31.2. The van der Waals surface area contributed by atoms with Gasteiger partial charge < -0.3 is 19.7 Å². The van der Waals surface area contributed by atoms with E-state index in [0.29, 0.717) is 24.4 Å². The summed E-state index contributed by atoms with van der Waals surface area (Å²) in [6.07, 6.45) is -0.758. The van der Waals surface area contributed by atoms with Gasteiger partial charge in [0, 0.05) is 25.4 Å². The Morgan fingerprint density at radius 3 is 1.86 bits per heavy atom. The van der Waals surface area contributed by atoms with Gasteiger partial charge in [0.1, 0.15) is 18.4 Å². The van der Waals surface area contributed by atoms with Crippen molar-refractivity contribution in [1.82, 2.24) is 15.5 Å². The molecule has 0 bridgehead atoms. The standard InChI is InChI=1S/C32H40N3O6P/c1-21(2)18-33-42(39,34-19-22(3)4)41-24-15-13-23(14-16-24)17-30(31(36)37)35-32(38)40-20-29-27-11-7-5-9-25(27)26-10-6-8-12-28(26)29/h5-16,21-22,29-30H,17-20H2,1-4H3,(H,35,38)(H,36,37)(H2,33,34,39)/t30-/m0/s1. The first-order valence-corrected chi connectivity index (χ1v) is 15.9. The third-order valence-corrected chi connectivity index (χ3v) is 8.61. The Kier molecular flexibility index (Phi) is 10.4. The summed E-state index contributed by atoms with van der Waals surface area (Å²) in [5.41, 5.74) is 5.04. The summed E-state index contributed by atoms with van der Waals surface area (Å²) in [5, 5.41) is 18.3. The van der Waals surface area contributed by atoms with Crippen molar-refractivity contribution in [3.63, 3.8) is 0 Å². The summed E-state index contributed by atoms with van der Waals surface area (Å²) in [6.45, 7) is 9.20. The Labute approximate surface area is 247 Å². The van der Waals surface area contributed by atoms with Gasteiger partial charge in [-0.3, -0.25) is 0 Å².